The second kappa shape index (κ2) is 8.02. The minimum absolute atomic E-state index is 0.0385. The van der Waals surface area contributed by atoms with Crippen LogP contribution >= 0.6 is 0 Å². The van der Waals surface area contributed by atoms with E-state index in [0.29, 0.717) is 5.56 Å². The Morgan fingerprint density at radius 1 is 1.05 bits per heavy atom. The number of hydrogen-bond acceptors (Lipinski definition) is 3. The van der Waals surface area contributed by atoms with Gasteiger partial charge in [-0.15, -0.1) is 0 Å². The lowest BCUT2D eigenvalue weighted by molar-refractivity contribution is -0.144. The number of benzene rings is 2. The van der Waals surface area contributed by atoms with Gasteiger partial charge >= 0.3 is 5.97 Å². The van der Waals surface area contributed by atoms with Crippen LogP contribution in [0.3, 0.4) is 0 Å². The fraction of sp³-hybridized carbons (Fsp3) is 0.167. The Morgan fingerprint density at radius 2 is 1.67 bits per heavy atom. The molecule has 1 atom stereocenters. The summed E-state index contributed by atoms with van der Waals surface area (Å²) in [6, 6.07) is 18.9. The molecule has 3 nitrogen and oxygen atoms in total. The third kappa shape index (κ3) is 5.24. The van der Waals surface area contributed by atoms with Crippen LogP contribution < -0.4 is 0 Å². The molecule has 0 unspecified atom stereocenters. The zero-order valence-corrected chi connectivity index (χ0v) is 11.7. The Bertz CT molecular complexity index is 576. The molecule has 2 aromatic carbocycles. The molecule has 0 aliphatic heterocycles. The molecule has 0 bridgehead atoms. The number of carbonyl (C=O) groups is 1. The van der Waals surface area contributed by atoms with Crippen molar-refractivity contribution in [1.82, 2.24) is 0 Å². The van der Waals surface area contributed by atoms with Crippen molar-refractivity contribution in [3.05, 3.63) is 77.9 Å². The maximum atomic E-state index is 11.6. The first-order valence-corrected chi connectivity index (χ1v) is 6.86. The van der Waals surface area contributed by atoms with Crippen LogP contribution in [0, 0.1) is 0 Å². The van der Waals surface area contributed by atoms with Crippen LogP contribution in [0.15, 0.2) is 66.7 Å². The van der Waals surface area contributed by atoms with E-state index in [-0.39, 0.29) is 13.0 Å². The largest absolute Gasteiger partial charge is 0.461 e. The van der Waals surface area contributed by atoms with Crippen molar-refractivity contribution in [1.29, 1.82) is 0 Å². The Morgan fingerprint density at radius 3 is 2.33 bits per heavy atom. The van der Waals surface area contributed by atoms with Crippen LogP contribution in [0.1, 0.15) is 23.7 Å². The number of esters is 1. The van der Waals surface area contributed by atoms with Crippen LogP contribution in [0.2, 0.25) is 0 Å². The summed E-state index contributed by atoms with van der Waals surface area (Å²) in [6.07, 6.45) is 2.81. The van der Waals surface area contributed by atoms with Gasteiger partial charge in [-0.25, -0.2) is 0 Å². The lowest BCUT2D eigenvalue weighted by Gasteiger charge is -2.09. The molecule has 21 heavy (non-hydrogen) atoms. The normalized spacial score (nSPS) is 12.2. The summed E-state index contributed by atoms with van der Waals surface area (Å²) < 4.78 is 5.07. The Balaban J connectivity index is 1.74. The van der Waals surface area contributed by atoms with E-state index in [4.69, 9.17) is 4.74 Å². The number of rotatable bonds is 6. The number of hydrogen-bond donors (Lipinski definition) is 1. The summed E-state index contributed by atoms with van der Waals surface area (Å²) in [5, 5.41) is 9.91. The average molecular weight is 282 g/mol. The van der Waals surface area contributed by atoms with Crippen LogP contribution in [0.25, 0.3) is 6.08 Å². The lowest BCUT2D eigenvalue weighted by Crippen LogP contribution is -2.10. The van der Waals surface area contributed by atoms with Crippen molar-refractivity contribution >= 4 is 12.0 Å². The number of ether oxygens (including phenoxy) is 1. The highest BCUT2D eigenvalue weighted by atomic mass is 16.5. The molecule has 3 heteroatoms. The van der Waals surface area contributed by atoms with Crippen molar-refractivity contribution < 1.29 is 14.6 Å². The predicted octanol–water partition coefficient (Wildman–Crippen LogP) is 3.37. The van der Waals surface area contributed by atoms with Crippen LogP contribution in [-0.4, -0.2) is 17.7 Å². The van der Waals surface area contributed by atoms with Crippen molar-refractivity contribution in [3.8, 4) is 0 Å². The Hall–Kier alpha value is -2.39. The van der Waals surface area contributed by atoms with Crippen LogP contribution in [-0.2, 0) is 9.53 Å². The summed E-state index contributed by atoms with van der Waals surface area (Å²) in [7, 11) is 0. The van der Waals surface area contributed by atoms with Gasteiger partial charge in [-0.05, 0) is 17.2 Å². The van der Waals surface area contributed by atoms with Crippen LogP contribution in [0.5, 0.6) is 0 Å². The molecule has 0 radical (unpaired) electrons. The topological polar surface area (TPSA) is 46.5 Å². The maximum absolute atomic E-state index is 11.6. The van der Waals surface area contributed by atoms with E-state index in [0.717, 1.165) is 5.56 Å². The van der Waals surface area contributed by atoms with Crippen molar-refractivity contribution in [3.63, 3.8) is 0 Å². The fourth-order valence-corrected chi connectivity index (χ4v) is 1.90. The highest BCUT2D eigenvalue weighted by Crippen LogP contribution is 2.16. The van der Waals surface area contributed by atoms with Crippen molar-refractivity contribution in [2.75, 3.05) is 6.61 Å². The second-order valence-electron chi connectivity index (χ2n) is 4.63. The van der Waals surface area contributed by atoms with Gasteiger partial charge in [0.2, 0.25) is 0 Å². The third-order valence-electron chi connectivity index (χ3n) is 2.99. The first kappa shape index (κ1) is 15.0. The molecule has 1 N–H and O–H groups in total. The second-order valence-corrected chi connectivity index (χ2v) is 4.63. The average Bonchev–Trinajstić information content (AvgIpc) is 2.53. The molecule has 0 aliphatic rings. The van der Waals surface area contributed by atoms with Gasteiger partial charge < -0.3 is 9.84 Å². The molecular formula is C18H18O3. The van der Waals surface area contributed by atoms with E-state index in [1.54, 1.807) is 18.2 Å². The van der Waals surface area contributed by atoms with Gasteiger partial charge in [-0.1, -0.05) is 66.7 Å². The number of aliphatic hydroxyl groups is 1. The summed E-state index contributed by atoms with van der Waals surface area (Å²) in [6.45, 7) is 0.204. The molecule has 0 heterocycles. The summed E-state index contributed by atoms with van der Waals surface area (Å²) in [4.78, 5) is 11.6. The van der Waals surface area contributed by atoms with E-state index >= 15 is 0 Å². The molecule has 0 fully saturated rings. The van der Waals surface area contributed by atoms with Gasteiger partial charge in [-0.3, -0.25) is 4.79 Å². The molecule has 0 amide bonds. The lowest BCUT2D eigenvalue weighted by atomic mass is 10.1. The monoisotopic (exact) mass is 282 g/mol. The molecule has 0 saturated carbocycles. The van der Waals surface area contributed by atoms with E-state index in [9.17, 15) is 9.90 Å². The maximum Gasteiger partial charge on any atom is 0.309 e. The SMILES string of the molecule is O=C(C[C@@H](O)c1ccccc1)OC/C=C/c1ccccc1. The van der Waals surface area contributed by atoms with E-state index < -0.39 is 12.1 Å². The van der Waals surface area contributed by atoms with Crippen molar-refractivity contribution in [2.45, 2.75) is 12.5 Å². The molecule has 0 spiro atoms. The quantitative estimate of drug-likeness (QED) is 0.826. The van der Waals surface area contributed by atoms with Gasteiger partial charge in [0.05, 0.1) is 12.5 Å². The first-order valence-electron chi connectivity index (χ1n) is 6.86. The summed E-state index contributed by atoms with van der Waals surface area (Å²) >= 11 is 0. The van der Waals surface area contributed by atoms with Gasteiger partial charge in [-0.2, -0.15) is 0 Å². The highest BCUT2D eigenvalue weighted by Gasteiger charge is 2.13. The molecular weight excluding hydrogens is 264 g/mol. The summed E-state index contributed by atoms with van der Waals surface area (Å²) in [5.41, 5.74) is 1.77. The zero-order chi connectivity index (χ0) is 14.9. The van der Waals surface area contributed by atoms with E-state index in [2.05, 4.69) is 0 Å². The third-order valence-corrected chi connectivity index (χ3v) is 2.99. The van der Waals surface area contributed by atoms with E-state index in [1.165, 1.54) is 0 Å². The molecule has 0 aliphatic carbocycles. The molecule has 2 aromatic rings. The number of aliphatic hydroxyl groups excluding tert-OH is 1. The predicted molar refractivity (Wildman–Crippen MR) is 82.5 cm³/mol. The Kier molecular flexibility index (Phi) is 5.73. The standard InChI is InChI=1S/C18H18O3/c19-17(16-11-5-2-6-12-16)14-18(20)21-13-7-10-15-8-3-1-4-9-15/h1-12,17,19H,13-14H2/b10-7+/t17-/m1/s1. The van der Waals surface area contributed by atoms with Crippen LogP contribution in [0.4, 0.5) is 0 Å². The highest BCUT2D eigenvalue weighted by molar-refractivity contribution is 5.70. The van der Waals surface area contributed by atoms with E-state index in [1.807, 2.05) is 54.6 Å². The smallest absolute Gasteiger partial charge is 0.309 e. The molecule has 0 saturated heterocycles. The summed E-state index contributed by atoms with van der Waals surface area (Å²) in [5.74, 6) is -0.413. The molecule has 2 rings (SSSR count). The molecule has 108 valence electrons. The van der Waals surface area contributed by atoms with Gasteiger partial charge in [0.1, 0.15) is 6.61 Å². The molecule has 0 aromatic heterocycles. The minimum Gasteiger partial charge on any atom is -0.461 e. The number of carbonyl (C=O) groups excluding carboxylic acids is 1. The Labute approximate surface area is 124 Å². The fourth-order valence-electron chi connectivity index (χ4n) is 1.90. The zero-order valence-electron chi connectivity index (χ0n) is 11.7. The van der Waals surface area contributed by atoms with Crippen molar-refractivity contribution in [2.24, 2.45) is 0 Å². The first-order chi connectivity index (χ1) is 10.3. The minimum atomic E-state index is -0.822. The van der Waals surface area contributed by atoms with Gasteiger partial charge in [0.15, 0.2) is 0 Å². The van der Waals surface area contributed by atoms with Gasteiger partial charge in [0, 0.05) is 0 Å². The van der Waals surface area contributed by atoms with Gasteiger partial charge in [0.25, 0.3) is 0 Å².